The van der Waals surface area contributed by atoms with Crippen molar-refractivity contribution in [3.63, 3.8) is 0 Å². The molecule has 0 spiro atoms. The van der Waals surface area contributed by atoms with E-state index in [2.05, 4.69) is 35.3 Å². The Bertz CT molecular complexity index is 501. The average molecular weight is 289 g/mol. The fraction of sp³-hybridized carbons (Fsp3) is 0.588. The Balaban J connectivity index is 2.18. The zero-order valence-corrected chi connectivity index (χ0v) is 13.6. The van der Waals surface area contributed by atoms with E-state index in [1.165, 1.54) is 16.8 Å². The summed E-state index contributed by atoms with van der Waals surface area (Å²) >= 11 is 0. The Morgan fingerprint density at radius 3 is 2.90 bits per heavy atom. The smallest absolute Gasteiger partial charge is 0.241 e. The number of hydrogen-bond acceptors (Lipinski definition) is 3. The van der Waals surface area contributed by atoms with Crippen LogP contribution in [0.4, 0.5) is 5.69 Å². The van der Waals surface area contributed by atoms with E-state index in [9.17, 15) is 4.79 Å². The molecular weight excluding hydrogens is 262 g/mol. The summed E-state index contributed by atoms with van der Waals surface area (Å²) in [7, 11) is 3.85. The number of fused-ring (bicyclic) bond motifs is 1. The van der Waals surface area contributed by atoms with Crippen molar-refractivity contribution in [2.24, 2.45) is 0 Å². The highest BCUT2D eigenvalue weighted by Gasteiger charge is 2.21. The monoisotopic (exact) mass is 289 g/mol. The van der Waals surface area contributed by atoms with Crippen molar-refractivity contribution < 1.29 is 4.79 Å². The van der Waals surface area contributed by atoms with Gasteiger partial charge >= 0.3 is 0 Å². The summed E-state index contributed by atoms with van der Waals surface area (Å²) in [6.45, 7) is 6.39. The Morgan fingerprint density at radius 1 is 1.48 bits per heavy atom. The lowest BCUT2D eigenvalue weighted by atomic mass is 9.97. The maximum atomic E-state index is 12.1. The number of amides is 1. The van der Waals surface area contributed by atoms with Gasteiger partial charge in [-0.1, -0.05) is 12.1 Å². The zero-order valence-electron chi connectivity index (χ0n) is 13.6. The summed E-state index contributed by atoms with van der Waals surface area (Å²) in [6.07, 6.45) is 2.22. The SMILES string of the molecule is CCN(C)C(=O)CN1CCCc2cc(C(C)NC)ccc21. The van der Waals surface area contributed by atoms with Crippen LogP contribution in [-0.4, -0.2) is 44.5 Å². The van der Waals surface area contributed by atoms with E-state index in [4.69, 9.17) is 0 Å². The summed E-state index contributed by atoms with van der Waals surface area (Å²) in [6, 6.07) is 7.00. The van der Waals surface area contributed by atoms with Crippen molar-refractivity contribution in [1.82, 2.24) is 10.2 Å². The predicted molar refractivity (Wildman–Crippen MR) is 87.8 cm³/mol. The molecule has 1 amide bonds. The topological polar surface area (TPSA) is 35.6 Å². The Hall–Kier alpha value is -1.55. The van der Waals surface area contributed by atoms with Crippen LogP contribution in [0.25, 0.3) is 0 Å². The van der Waals surface area contributed by atoms with Gasteiger partial charge in [0, 0.05) is 31.9 Å². The molecule has 1 aliphatic rings. The molecule has 4 nitrogen and oxygen atoms in total. The van der Waals surface area contributed by atoms with Gasteiger partial charge in [0.1, 0.15) is 0 Å². The molecule has 0 saturated carbocycles. The van der Waals surface area contributed by atoms with Crippen LogP contribution in [0.2, 0.25) is 0 Å². The molecule has 1 heterocycles. The summed E-state index contributed by atoms with van der Waals surface area (Å²) in [5.74, 6) is 0.193. The number of benzene rings is 1. The van der Waals surface area contributed by atoms with E-state index in [0.717, 1.165) is 25.9 Å². The van der Waals surface area contributed by atoms with Crippen LogP contribution in [-0.2, 0) is 11.2 Å². The minimum Gasteiger partial charge on any atom is -0.362 e. The minimum atomic E-state index is 0.193. The Morgan fingerprint density at radius 2 is 2.24 bits per heavy atom. The zero-order chi connectivity index (χ0) is 15.4. The molecule has 1 atom stereocenters. The van der Waals surface area contributed by atoms with Crippen molar-refractivity contribution in [2.75, 3.05) is 38.6 Å². The highest BCUT2D eigenvalue weighted by atomic mass is 16.2. The normalized spacial score (nSPS) is 15.5. The standard InChI is InChI=1S/C17H27N3O/c1-5-19(4)17(21)12-20-10-6-7-15-11-14(13(2)18-3)8-9-16(15)20/h8-9,11,13,18H,5-7,10,12H2,1-4H3. The molecule has 0 saturated heterocycles. The highest BCUT2D eigenvalue weighted by molar-refractivity contribution is 5.81. The second-order valence-corrected chi connectivity index (χ2v) is 5.83. The largest absolute Gasteiger partial charge is 0.362 e. The molecule has 0 radical (unpaired) electrons. The second-order valence-electron chi connectivity index (χ2n) is 5.83. The Labute approximate surface area is 128 Å². The number of likely N-dealkylation sites (N-methyl/N-ethyl adjacent to an activating group) is 1. The molecule has 0 aromatic heterocycles. The van der Waals surface area contributed by atoms with Crippen LogP contribution in [0, 0.1) is 0 Å². The molecule has 0 aliphatic carbocycles. The van der Waals surface area contributed by atoms with E-state index in [1.807, 2.05) is 21.0 Å². The third-order valence-electron chi connectivity index (χ3n) is 4.48. The van der Waals surface area contributed by atoms with E-state index >= 15 is 0 Å². The van der Waals surface area contributed by atoms with Crippen LogP contribution >= 0.6 is 0 Å². The first-order valence-electron chi connectivity index (χ1n) is 7.85. The van der Waals surface area contributed by atoms with E-state index in [-0.39, 0.29) is 5.91 Å². The van der Waals surface area contributed by atoms with Crippen LogP contribution in [0.15, 0.2) is 18.2 Å². The van der Waals surface area contributed by atoms with Gasteiger partial charge in [-0.25, -0.2) is 0 Å². The van der Waals surface area contributed by atoms with E-state index in [0.29, 0.717) is 12.6 Å². The van der Waals surface area contributed by atoms with Crippen molar-refractivity contribution >= 4 is 11.6 Å². The average Bonchev–Trinajstić information content (AvgIpc) is 2.52. The van der Waals surface area contributed by atoms with Gasteiger partial charge in [0.2, 0.25) is 5.91 Å². The van der Waals surface area contributed by atoms with Gasteiger partial charge < -0.3 is 15.1 Å². The van der Waals surface area contributed by atoms with Gasteiger partial charge in [-0.15, -0.1) is 0 Å². The van der Waals surface area contributed by atoms with Gasteiger partial charge in [0.25, 0.3) is 0 Å². The number of nitrogens with zero attached hydrogens (tertiary/aromatic N) is 2. The number of anilines is 1. The molecule has 1 unspecified atom stereocenters. The first-order valence-corrected chi connectivity index (χ1v) is 7.85. The van der Waals surface area contributed by atoms with Crippen molar-refractivity contribution in [1.29, 1.82) is 0 Å². The first kappa shape index (κ1) is 15.8. The molecule has 4 heteroatoms. The number of nitrogens with one attached hydrogen (secondary N) is 1. The fourth-order valence-corrected chi connectivity index (χ4v) is 2.76. The number of rotatable bonds is 5. The summed E-state index contributed by atoms with van der Waals surface area (Å²) < 4.78 is 0. The molecule has 2 rings (SSSR count). The van der Waals surface area contributed by atoms with Crippen molar-refractivity contribution in [2.45, 2.75) is 32.7 Å². The van der Waals surface area contributed by atoms with Gasteiger partial charge in [-0.05, 0) is 50.9 Å². The van der Waals surface area contributed by atoms with Crippen LogP contribution in [0.5, 0.6) is 0 Å². The summed E-state index contributed by atoms with van der Waals surface area (Å²) in [4.78, 5) is 16.2. The molecule has 1 aliphatic heterocycles. The molecule has 116 valence electrons. The fourth-order valence-electron chi connectivity index (χ4n) is 2.76. The predicted octanol–water partition coefficient (Wildman–Crippen LogP) is 2.20. The lowest BCUT2D eigenvalue weighted by Gasteiger charge is -2.32. The number of carbonyl (C=O) groups is 1. The summed E-state index contributed by atoms with van der Waals surface area (Å²) in [5.41, 5.74) is 3.91. The third kappa shape index (κ3) is 3.56. The van der Waals surface area contributed by atoms with Crippen molar-refractivity contribution in [3.8, 4) is 0 Å². The number of carbonyl (C=O) groups excluding carboxylic acids is 1. The van der Waals surface area contributed by atoms with Crippen LogP contribution < -0.4 is 10.2 Å². The lowest BCUT2D eigenvalue weighted by Crippen LogP contribution is -2.40. The molecule has 0 bridgehead atoms. The third-order valence-corrected chi connectivity index (χ3v) is 4.48. The Kier molecular flexibility index (Phi) is 5.23. The molecule has 1 aromatic rings. The highest BCUT2D eigenvalue weighted by Crippen LogP contribution is 2.29. The van der Waals surface area contributed by atoms with Crippen LogP contribution in [0.1, 0.15) is 37.4 Å². The van der Waals surface area contributed by atoms with Crippen LogP contribution in [0.3, 0.4) is 0 Å². The van der Waals surface area contributed by atoms with E-state index in [1.54, 1.807) is 4.90 Å². The lowest BCUT2D eigenvalue weighted by molar-refractivity contribution is -0.128. The van der Waals surface area contributed by atoms with Crippen molar-refractivity contribution in [3.05, 3.63) is 29.3 Å². The molecule has 1 N–H and O–H groups in total. The molecule has 21 heavy (non-hydrogen) atoms. The molecule has 1 aromatic carbocycles. The van der Waals surface area contributed by atoms with Gasteiger partial charge in [0.05, 0.1) is 6.54 Å². The second kappa shape index (κ2) is 6.94. The number of hydrogen-bond donors (Lipinski definition) is 1. The number of aryl methyl sites for hydroxylation is 1. The maximum Gasteiger partial charge on any atom is 0.241 e. The van der Waals surface area contributed by atoms with Gasteiger partial charge in [-0.3, -0.25) is 4.79 Å². The maximum absolute atomic E-state index is 12.1. The molecule has 0 fully saturated rings. The molecular formula is C17H27N3O. The van der Waals surface area contributed by atoms with Gasteiger partial charge in [0.15, 0.2) is 0 Å². The quantitative estimate of drug-likeness (QED) is 0.902. The first-order chi connectivity index (χ1) is 10.1. The minimum absolute atomic E-state index is 0.193. The van der Waals surface area contributed by atoms with Gasteiger partial charge in [-0.2, -0.15) is 0 Å². The summed E-state index contributed by atoms with van der Waals surface area (Å²) in [5, 5.41) is 3.28. The van der Waals surface area contributed by atoms with E-state index < -0.39 is 0 Å².